The molecule has 0 aliphatic heterocycles. The number of carboxylic acid groups (broad SMARTS) is 1. The van der Waals surface area contributed by atoms with Crippen LogP contribution < -0.4 is 5.32 Å². The molecule has 0 bridgehead atoms. The van der Waals surface area contributed by atoms with Gasteiger partial charge in [0, 0.05) is 12.0 Å². The van der Waals surface area contributed by atoms with Gasteiger partial charge in [-0.3, -0.25) is 4.79 Å². The fourth-order valence-electron chi connectivity index (χ4n) is 2.64. The Kier molecular flexibility index (Phi) is 4.75. The van der Waals surface area contributed by atoms with Crippen LogP contribution in [0.25, 0.3) is 10.8 Å². The maximum absolute atomic E-state index is 12.9. The highest BCUT2D eigenvalue weighted by Crippen LogP contribution is 2.17. The Morgan fingerprint density at radius 2 is 1.64 bits per heavy atom. The maximum atomic E-state index is 12.9. The smallest absolute Gasteiger partial charge is 0.326 e. The number of amides is 1. The minimum absolute atomic E-state index is 0.160. The molecule has 1 atom stereocenters. The molecule has 0 fully saturated rings. The summed E-state index contributed by atoms with van der Waals surface area (Å²) in [5, 5.41) is 14.0. The van der Waals surface area contributed by atoms with Crippen molar-refractivity contribution in [3.8, 4) is 0 Å². The molecular weight excluding hydrogens is 321 g/mol. The Bertz CT molecular complexity index is 922. The summed E-state index contributed by atoms with van der Waals surface area (Å²) in [6.07, 6.45) is 0.160. The van der Waals surface area contributed by atoms with Crippen LogP contribution in [0.3, 0.4) is 0 Å². The number of carboxylic acids is 1. The lowest BCUT2D eigenvalue weighted by Crippen LogP contribution is -2.42. The average molecular weight is 337 g/mol. The van der Waals surface area contributed by atoms with Gasteiger partial charge in [-0.15, -0.1) is 0 Å². The standard InChI is InChI=1S/C20H16FNO3/c21-17-9-7-15(8-10-17)19(23)22-18(20(24)25)12-13-5-6-14-3-1-2-4-16(14)11-13/h1-11,18H,12H2,(H,22,23)(H,24,25)/t18-/m0/s1. The first-order valence-electron chi connectivity index (χ1n) is 7.80. The Hall–Kier alpha value is -3.21. The topological polar surface area (TPSA) is 66.4 Å². The normalized spacial score (nSPS) is 11.9. The van der Waals surface area contributed by atoms with Crippen LogP contribution >= 0.6 is 0 Å². The Labute approximate surface area is 143 Å². The zero-order valence-electron chi connectivity index (χ0n) is 13.3. The number of hydrogen-bond donors (Lipinski definition) is 2. The van der Waals surface area contributed by atoms with Crippen molar-refractivity contribution >= 4 is 22.6 Å². The summed E-state index contributed by atoms with van der Waals surface area (Å²) in [5.41, 5.74) is 1.02. The molecule has 2 N–H and O–H groups in total. The van der Waals surface area contributed by atoms with E-state index >= 15 is 0 Å². The Morgan fingerprint density at radius 3 is 2.32 bits per heavy atom. The van der Waals surface area contributed by atoms with Gasteiger partial charge >= 0.3 is 5.97 Å². The first-order chi connectivity index (χ1) is 12.0. The van der Waals surface area contributed by atoms with E-state index in [1.807, 2.05) is 42.5 Å². The van der Waals surface area contributed by atoms with E-state index < -0.39 is 23.7 Å². The van der Waals surface area contributed by atoms with E-state index in [0.29, 0.717) is 0 Å². The summed E-state index contributed by atoms with van der Waals surface area (Å²) in [4.78, 5) is 23.7. The molecule has 4 nitrogen and oxygen atoms in total. The van der Waals surface area contributed by atoms with Gasteiger partial charge in [0.25, 0.3) is 5.91 Å². The van der Waals surface area contributed by atoms with Crippen LogP contribution in [0, 0.1) is 5.82 Å². The third-order valence-electron chi connectivity index (χ3n) is 3.96. The molecule has 0 radical (unpaired) electrons. The molecule has 3 aromatic rings. The summed E-state index contributed by atoms with van der Waals surface area (Å²) >= 11 is 0. The van der Waals surface area contributed by atoms with E-state index in [0.717, 1.165) is 28.5 Å². The zero-order chi connectivity index (χ0) is 17.8. The molecule has 0 aromatic heterocycles. The summed E-state index contributed by atoms with van der Waals surface area (Å²) in [5.74, 6) is -2.13. The summed E-state index contributed by atoms with van der Waals surface area (Å²) in [6.45, 7) is 0. The van der Waals surface area contributed by atoms with Gasteiger partial charge in [0.15, 0.2) is 0 Å². The zero-order valence-corrected chi connectivity index (χ0v) is 13.3. The van der Waals surface area contributed by atoms with E-state index in [1.54, 1.807) is 0 Å². The van der Waals surface area contributed by atoms with Crippen LogP contribution in [0.4, 0.5) is 4.39 Å². The molecule has 0 unspecified atom stereocenters. The SMILES string of the molecule is O=C(N[C@@H](Cc1ccc2ccccc2c1)C(=O)O)c1ccc(F)cc1. The highest BCUT2D eigenvalue weighted by molar-refractivity contribution is 5.96. The third-order valence-corrected chi connectivity index (χ3v) is 3.96. The molecule has 3 rings (SSSR count). The number of rotatable bonds is 5. The monoisotopic (exact) mass is 337 g/mol. The van der Waals surface area contributed by atoms with Crippen molar-refractivity contribution in [1.29, 1.82) is 0 Å². The van der Waals surface area contributed by atoms with Crippen molar-refractivity contribution in [2.24, 2.45) is 0 Å². The molecule has 5 heteroatoms. The van der Waals surface area contributed by atoms with Gasteiger partial charge in [-0.25, -0.2) is 9.18 Å². The predicted octanol–water partition coefficient (Wildman–Crippen LogP) is 3.40. The van der Waals surface area contributed by atoms with Crippen molar-refractivity contribution in [3.63, 3.8) is 0 Å². The second-order valence-electron chi connectivity index (χ2n) is 5.76. The van der Waals surface area contributed by atoms with Crippen LogP contribution in [0.1, 0.15) is 15.9 Å². The first kappa shape index (κ1) is 16.6. The highest BCUT2D eigenvalue weighted by atomic mass is 19.1. The van der Waals surface area contributed by atoms with E-state index in [1.165, 1.54) is 12.1 Å². The van der Waals surface area contributed by atoms with Crippen molar-refractivity contribution in [3.05, 3.63) is 83.7 Å². The van der Waals surface area contributed by atoms with Crippen LogP contribution in [-0.2, 0) is 11.2 Å². The van der Waals surface area contributed by atoms with Gasteiger partial charge in [0.05, 0.1) is 0 Å². The molecule has 126 valence electrons. The van der Waals surface area contributed by atoms with Crippen molar-refractivity contribution in [2.75, 3.05) is 0 Å². The minimum atomic E-state index is -1.12. The molecular formula is C20H16FNO3. The van der Waals surface area contributed by atoms with Crippen LogP contribution in [0.2, 0.25) is 0 Å². The van der Waals surface area contributed by atoms with Gasteiger partial charge in [0.1, 0.15) is 11.9 Å². The lowest BCUT2D eigenvalue weighted by atomic mass is 10.0. The number of benzene rings is 3. The second kappa shape index (κ2) is 7.13. The van der Waals surface area contributed by atoms with Crippen molar-refractivity contribution in [1.82, 2.24) is 5.32 Å². The lowest BCUT2D eigenvalue weighted by Gasteiger charge is -2.15. The molecule has 3 aromatic carbocycles. The van der Waals surface area contributed by atoms with Gasteiger partial charge < -0.3 is 10.4 Å². The fraction of sp³-hybridized carbons (Fsp3) is 0.100. The summed E-state index contributed by atoms with van der Waals surface area (Å²) in [6, 6.07) is 17.3. The molecule has 0 aliphatic carbocycles. The van der Waals surface area contributed by atoms with E-state index in [2.05, 4.69) is 5.32 Å². The molecule has 0 saturated heterocycles. The molecule has 0 spiro atoms. The Balaban J connectivity index is 1.77. The molecule has 0 aliphatic rings. The van der Waals surface area contributed by atoms with Crippen LogP contribution in [0.5, 0.6) is 0 Å². The van der Waals surface area contributed by atoms with Crippen molar-refractivity contribution in [2.45, 2.75) is 12.5 Å². The minimum Gasteiger partial charge on any atom is -0.480 e. The predicted molar refractivity (Wildman–Crippen MR) is 92.9 cm³/mol. The average Bonchev–Trinajstić information content (AvgIpc) is 2.61. The molecule has 1 amide bonds. The Morgan fingerprint density at radius 1 is 0.960 bits per heavy atom. The van der Waals surface area contributed by atoms with Crippen molar-refractivity contribution < 1.29 is 19.1 Å². The molecule has 0 saturated carbocycles. The van der Waals surface area contributed by atoms with Crippen LogP contribution in [0.15, 0.2) is 66.7 Å². The van der Waals surface area contributed by atoms with Gasteiger partial charge in [-0.1, -0.05) is 42.5 Å². The summed E-state index contributed by atoms with van der Waals surface area (Å²) < 4.78 is 12.9. The number of halogens is 1. The summed E-state index contributed by atoms with van der Waals surface area (Å²) in [7, 11) is 0. The number of hydrogen-bond acceptors (Lipinski definition) is 2. The quantitative estimate of drug-likeness (QED) is 0.750. The fourth-order valence-corrected chi connectivity index (χ4v) is 2.64. The number of aliphatic carboxylic acids is 1. The first-order valence-corrected chi connectivity index (χ1v) is 7.80. The number of carbonyl (C=O) groups excluding carboxylic acids is 1. The molecule has 0 heterocycles. The van der Waals surface area contributed by atoms with Gasteiger partial charge in [0.2, 0.25) is 0 Å². The highest BCUT2D eigenvalue weighted by Gasteiger charge is 2.21. The maximum Gasteiger partial charge on any atom is 0.326 e. The largest absolute Gasteiger partial charge is 0.480 e. The second-order valence-corrected chi connectivity index (χ2v) is 5.76. The van der Waals surface area contributed by atoms with E-state index in [9.17, 15) is 19.1 Å². The third kappa shape index (κ3) is 4.01. The van der Waals surface area contributed by atoms with E-state index in [4.69, 9.17) is 0 Å². The number of carbonyl (C=O) groups is 2. The lowest BCUT2D eigenvalue weighted by molar-refractivity contribution is -0.139. The molecule has 25 heavy (non-hydrogen) atoms. The number of nitrogens with one attached hydrogen (secondary N) is 1. The van der Waals surface area contributed by atoms with Gasteiger partial charge in [-0.05, 0) is 40.6 Å². The number of fused-ring (bicyclic) bond motifs is 1. The van der Waals surface area contributed by atoms with Crippen LogP contribution in [-0.4, -0.2) is 23.0 Å². The van der Waals surface area contributed by atoms with Gasteiger partial charge in [-0.2, -0.15) is 0 Å². The van der Waals surface area contributed by atoms with E-state index in [-0.39, 0.29) is 12.0 Å².